The van der Waals surface area contributed by atoms with Gasteiger partial charge in [0.2, 0.25) is 0 Å². The molecule has 0 spiro atoms. The van der Waals surface area contributed by atoms with Gasteiger partial charge in [0.15, 0.2) is 0 Å². The van der Waals surface area contributed by atoms with E-state index in [0.717, 1.165) is 0 Å². The zero-order chi connectivity index (χ0) is 65.7. The fourth-order valence-electron chi connectivity index (χ4n) is 12.0. The smallest absolute Gasteiger partial charge is 0.0158 e. The SMILES string of the molecule is Cc1ccc(-c2ccc3ccccc3c2)cc1.Cc1ccc(-c2ccccc2)cc1.Cc1ccc2c(c1)C(C)(C)c1ccccc1-2.Cc1ccc2ccccc2c1.Cc1cccc(-c2ccccc2)c1.Cc1cccc2ccccc12.Cc1ccccc1-c1ccccc1. The third-order valence-corrected chi connectivity index (χ3v) is 17.3. The van der Waals surface area contributed by atoms with Crippen molar-refractivity contribution in [3.63, 3.8) is 0 Å². The lowest BCUT2D eigenvalue weighted by atomic mass is 9.82. The quantitative estimate of drug-likeness (QED) is 0.165. The molecule has 0 unspecified atom stereocenters. The normalized spacial score (nSPS) is 11.1. The van der Waals surface area contributed by atoms with Crippen molar-refractivity contribution in [2.24, 2.45) is 0 Å². The van der Waals surface area contributed by atoms with Gasteiger partial charge in [-0.2, -0.15) is 0 Å². The number of aryl methyl sites for hydroxylation is 7. The van der Waals surface area contributed by atoms with Crippen molar-refractivity contribution in [2.75, 3.05) is 0 Å². The summed E-state index contributed by atoms with van der Waals surface area (Å²) in [5.41, 5.74) is 25.5. The van der Waals surface area contributed by atoms with Gasteiger partial charge in [-0.25, -0.2) is 0 Å². The Kier molecular flexibility index (Phi) is 22.7. The first-order chi connectivity index (χ1) is 45.8. The molecule has 462 valence electrons. The van der Waals surface area contributed by atoms with Gasteiger partial charge in [0.05, 0.1) is 0 Å². The first-order valence-corrected chi connectivity index (χ1v) is 32.8. The third-order valence-electron chi connectivity index (χ3n) is 17.3. The molecule has 0 amide bonds. The number of benzene rings is 15. The van der Waals surface area contributed by atoms with E-state index in [-0.39, 0.29) is 5.41 Å². The van der Waals surface area contributed by atoms with Crippen molar-refractivity contribution in [2.45, 2.75) is 67.7 Å². The van der Waals surface area contributed by atoms with E-state index >= 15 is 0 Å². The largest absolute Gasteiger partial charge is 0.0622 e. The maximum Gasteiger partial charge on any atom is 0.0158 e. The van der Waals surface area contributed by atoms with Crippen molar-refractivity contribution in [3.8, 4) is 55.6 Å². The van der Waals surface area contributed by atoms with Crippen LogP contribution < -0.4 is 0 Å². The molecule has 0 fully saturated rings. The van der Waals surface area contributed by atoms with Gasteiger partial charge in [0, 0.05) is 5.41 Å². The molecule has 0 aliphatic heterocycles. The van der Waals surface area contributed by atoms with Crippen molar-refractivity contribution in [3.05, 3.63) is 408 Å². The predicted octanol–water partition coefficient (Wildman–Crippen LogP) is 26.4. The Balaban J connectivity index is 0.000000120. The molecule has 0 heteroatoms. The Morgan fingerprint density at radius 1 is 0.181 bits per heavy atom. The minimum absolute atomic E-state index is 0.151. The molecule has 1 aliphatic rings. The molecule has 0 radical (unpaired) electrons. The molecule has 15 aromatic rings. The van der Waals surface area contributed by atoms with Crippen LogP contribution in [0.4, 0.5) is 0 Å². The first kappa shape index (κ1) is 66.0. The van der Waals surface area contributed by atoms with Gasteiger partial charge in [0.1, 0.15) is 0 Å². The Morgan fingerprint density at radius 3 is 1.14 bits per heavy atom. The molecule has 0 bridgehead atoms. The molecule has 0 aromatic heterocycles. The van der Waals surface area contributed by atoms with Crippen molar-refractivity contribution < 1.29 is 0 Å². The van der Waals surface area contributed by atoms with E-state index in [0.29, 0.717) is 0 Å². The molecule has 1 aliphatic carbocycles. The summed E-state index contributed by atoms with van der Waals surface area (Å²) < 4.78 is 0. The van der Waals surface area contributed by atoms with E-state index in [1.807, 2.05) is 18.2 Å². The molecule has 0 saturated heterocycles. The Bertz CT molecular complexity index is 4830. The van der Waals surface area contributed by atoms with Crippen molar-refractivity contribution in [1.82, 2.24) is 0 Å². The lowest BCUT2D eigenvalue weighted by Gasteiger charge is -2.21. The molecule has 94 heavy (non-hydrogen) atoms. The number of fused-ring (bicyclic) bond motifs is 6. The number of hydrogen-bond acceptors (Lipinski definition) is 0. The zero-order valence-electron chi connectivity index (χ0n) is 56.1. The topological polar surface area (TPSA) is 0 Å². The highest BCUT2D eigenvalue weighted by atomic mass is 14.4. The minimum Gasteiger partial charge on any atom is -0.0622 e. The molecular formula is C94H86. The van der Waals surface area contributed by atoms with Gasteiger partial charge >= 0.3 is 0 Å². The van der Waals surface area contributed by atoms with Crippen LogP contribution in [0.2, 0.25) is 0 Å². The molecule has 0 N–H and O–H groups in total. The molecular weight excluding hydrogens is 1130 g/mol. The van der Waals surface area contributed by atoms with Gasteiger partial charge in [-0.1, -0.05) is 394 Å². The summed E-state index contributed by atoms with van der Waals surface area (Å²) in [4.78, 5) is 0. The summed E-state index contributed by atoms with van der Waals surface area (Å²) in [7, 11) is 0. The first-order valence-electron chi connectivity index (χ1n) is 32.8. The van der Waals surface area contributed by atoms with Crippen LogP contribution in [-0.4, -0.2) is 0 Å². The monoisotopic (exact) mass is 1210 g/mol. The van der Waals surface area contributed by atoms with Gasteiger partial charge < -0.3 is 0 Å². The van der Waals surface area contributed by atoms with Crippen LogP contribution in [0.3, 0.4) is 0 Å². The predicted molar refractivity (Wildman–Crippen MR) is 410 cm³/mol. The van der Waals surface area contributed by atoms with Crippen LogP contribution in [0.1, 0.15) is 63.9 Å². The van der Waals surface area contributed by atoms with Crippen LogP contribution >= 0.6 is 0 Å². The molecule has 0 atom stereocenters. The Hall–Kier alpha value is -10.9. The lowest BCUT2D eigenvalue weighted by Crippen LogP contribution is -2.14. The average Bonchev–Trinajstić information content (AvgIpc) is 1.59. The highest BCUT2D eigenvalue weighted by Gasteiger charge is 2.34. The number of hydrogen-bond donors (Lipinski definition) is 0. The summed E-state index contributed by atoms with van der Waals surface area (Å²) in [6, 6.07) is 126. The van der Waals surface area contributed by atoms with Crippen LogP contribution in [-0.2, 0) is 5.41 Å². The van der Waals surface area contributed by atoms with Crippen LogP contribution in [0, 0.1) is 48.5 Å². The van der Waals surface area contributed by atoms with E-state index in [2.05, 4.69) is 402 Å². The van der Waals surface area contributed by atoms with Crippen molar-refractivity contribution >= 4 is 32.3 Å². The van der Waals surface area contributed by atoms with E-state index in [1.165, 1.54) is 138 Å². The number of rotatable bonds is 4. The highest BCUT2D eigenvalue weighted by molar-refractivity contribution is 5.88. The fraction of sp³-hybridized carbons (Fsp3) is 0.106. The minimum atomic E-state index is 0.151. The second-order valence-electron chi connectivity index (χ2n) is 24.9. The summed E-state index contributed by atoms with van der Waals surface area (Å²) in [6.07, 6.45) is 0. The summed E-state index contributed by atoms with van der Waals surface area (Å²) in [5.74, 6) is 0. The maximum atomic E-state index is 2.33. The van der Waals surface area contributed by atoms with E-state index in [1.54, 1.807) is 0 Å². The summed E-state index contributed by atoms with van der Waals surface area (Å²) >= 11 is 0. The second-order valence-corrected chi connectivity index (χ2v) is 24.9. The lowest BCUT2D eigenvalue weighted by molar-refractivity contribution is 0.660. The summed E-state index contributed by atoms with van der Waals surface area (Å²) in [6.45, 7) is 19.5. The second kappa shape index (κ2) is 32.4. The zero-order valence-corrected chi connectivity index (χ0v) is 56.1. The van der Waals surface area contributed by atoms with Gasteiger partial charge in [0.25, 0.3) is 0 Å². The van der Waals surface area contributed by atoms with E-state index < -0.39 is 0 Å². The van der Waals surface area contributed by atoms with Crippen LogP contribution in [0.15, 0.2) is 358 Å². The van der Waals surface area contributed by atoms with Crippen molar-refractivity contribution in [1.29, 1.82) is 0 Å². The summed E-state index contributed by atoms with van der Waals surface area (Å²) in [5, 5.41) is 7.92. The maximum absolute atomic E-state index is 2.33. The average molecular weight is 1220 g/mol. The van der Waals surface area contributed by atoms with Gasteiger partial charge in [-0.3, -0.25) is 0 Å². The standard InChI is InChI=1S/C17H14.C16H16.3C13H12.2C11H10/c1-13-6-8-15(9-7-13)17-11-10-14-4-2-3-5-16(14)12-17;1-11-8-9-13-12-6-4-5-7-14(12)16(2,3)15(13)10-11;1-11-7-5-6-10-13(11)12-8-3-2-4-9-12;1-11-6-5-9-13(10-11)12-7-3-2-4-8-12;1-11-7-9-13(10-8-11)12-5-3-2-4-6-12;1-9-5-4-7-10-6-2-3-8-11(9)10;1-9-6-7-10-4-2-3-5-11(10)8-9/h2-12H,1H3;4-10H,1-3H3;3*2-10H,1H3;2*2-8H,1H3. The van der Waals surface area contributed by atoms with Gasteiger partial charge in [-0.05, 0) is 165 Å². The molecule has 0 heterocycles. The Morgan fingerprint density at radius 2 is 0.543 bits per heavy atom. The van der Waals surface area contributed by atoms with E-state index in [9.17, 15) is 0 Å². The van der Waals surface area contributed by atoms with Crippen LogP contribution in [0.25, 0.3) is 88.0 Å². The molecule has 0 nitrogen and oxygen atoms in total. The van der Waals surface area contributed by atoms with Gasteiger partial charge in [-0.15, -0.1) is 0 Å². The Labute approximate surface area is 560 Å². The van der Waals surface area contributed by atoms with Crippen LogP contribution in [0.5, 0.6) is 0 Å². The highest BCUT2D eigenvalue weighted by Crippen LogP contribution is 2.48. The third kappa shape index (κ3) is 17.8. The molecule has 16 rings (SSSR count). The fourth-order valence-corrected chi connectivity index (χ4v) is 12.0. The molecule has 15 aromatic carbocycles. The van der Waals surface area contributed by atoms with E-state index in [4.69, 9.17) is 0 Å². The molecule has 0 saturated carbocycles.